The van der Waals surface area contributed by atoms with E-state index in [-0.39, 0.29) is 22.8 Å². The van der Waals surface area contributed by atoms with Gasteiger partial charge < -0.3 is 9.63 Å². The van der Waals surface area contributed by atoms with Crippen LogP contribution in [-0.2, 0) is 0 Å². The Bertz CT molecular complexity index is 861. The van der Waals surface area contributed by atoms with Crippen molar-refractivity contribution in [3.8, 4) is 22.8 Å². The summed E-state index contributed by atoms with van der Waals surface area (Å²) in [7, 11) is 0. The van der Waals surface area contributed by atoms with Crippen LogP contribution in [-0.4, -0.2) is 21.2 Å². The first-order valence-electron chi connectivity index (χ1n) is 6.17. The molecule has 0 aliphatic heterocycles. The van der Waals surface area contributed by atoms with Gasteiger partial charge in [-0.25, -0.2) is 13.6 Å². The van der Waals surface area contributed by atoms with Crippen LogP contribution >= 0.6 is 0 Å². The van der Waals surface area contributed by atoms with Crippen LogP contribution < -0.4 is 0 Å². The lowest BCUT2D eigenvalue weighted by atomic mass is 10.1. The Morgan fingerprint density at radius 1 is 1.05 bits per heavy atom. The fourth-order valence-electron chi connectivity index (χ4n) is 1.88. The molecule has 7 heteroatoms. The van der Waals surface area contributed by atoms with Gasteiger partial charge in [-0.2, -0.15) is 4.98 Å². The topological polar surface area (TPSA) is 76.2 Å². The van der Waals surface area contributed by atoms with Crippen LogP contribution in [0.1, 0.15) is 10.4 Å². The second kappa shape index (κ2) is 5.36. The van der Waals surface area contributed by atoms with Crippen molar-refractivity contribution in [2.45, 2.75) is 0 Å². The lowest BCUT2D eigenvalue weighted by molar-refractivity contribution is 0.0697. The molecule has 1 N–H and O–H groups in total. The summed E-state index contributed by atoms with van der Waals surface area (Å²) in [4.78, 5) is 15.0. The number of carboxylic acids is 1. The third-order valence-corrected chi connectivity index (χ3v) is 2.96. The normalized spacial score (nSPS) is 10.6. The van der Waals surface area contributed by atoms with Crippen molar-refractivity contribution in [2.75, 3.05) is 0 Å². The van der Waals surface area contributed by atoms with E-state index in [1.165, 1.54) is 18.2 Å². The molecule has 0 spiro atoms. The maximum absolute atomic E-state index is 13.2. The van der Waals surface area contributed by atoms with Gasteiger partial charge in [-0.3, -0.25) is 0 Å². The van der Waals surface area contributed by atoms with Crippen molar-refractivity contribution >= 4 is 5.97 Å². The molecule has 0 radical (unpaired) electrons. The first-order valence-corrected chi connectivity index (χ1v) is 6.17. The molecule has 3 rings (SSSR count). The summed E-state index contributed by atoms with van der Waals surface area (Å²) >= 11 is 0. The standard InChI is InChI=1S/C15H8F2N2O3/c16-11-5-4-9(7-12(11)17)14-18-13(19-22-14)8-2-1-3-10(6-8)15(20)21/h1-7H,(H,20,21). The number of aromatic nitrogens is 2. The van der Waals surface area contributed by atoms with E-state index < -0.39 is 17.6 Å². The van der Waals surface area contributed by atoms with E-state index in [9.17, 15) is 13.6 Å². The summed E-state index contributed by atoms with van der Waals surface area (Å²) in [5.74, 6) is -2.91. The van der Waals surface area contributed by atoms with E-state index in [4.69, 9.17) is 9.63 Å². The van der Waals surface area contributed by atoms with E-state index in [1.54, 1.807) is 12.1 Å². The average molecular weight is 302 g/mol. The van der Waals surface area contributed by atoms with Crippen LogP contribution in [0.4, 0.5) is 8.78 Å². The molecule has 0 atom stereocenters. The molecule has 1 heterocycles. The fraction of sp³-hybridized carbons (Fsp3) is 0. The quantitative estimate of drug-likeness (QED) is 0.802. The number of carboxylic acid groups (broad SMARTS) is 1. The van der Waals surface area contributed by atoms with Crippen molar-refractivity contribution < 1.29 is 23.2 Å². The van der Waals surface area contributed by atoms with E-state index in [1.807, 2.05) is 0 Å². The van der Waals surface area contributed by atoms with E-state index in [0.717, 1.165) is 12.1 Å². The molecular formula is C15H8F2N2O3. The Labute approximate surface area is 122 Å². The van der Waals surface area contributed by atoms with Crippen LogP contribution in [0.2, 0.25) is 0 Å². The summed E-state index contributed by atoms with van der Waals surface area (Å²) < 4.78 is 31.1. The zero-order valence-electron chi connectivity index (χ0n) is 11.0. The van der Waals surface area contributed by atoms with E-state index in [0.29, 0.717) is 5.56 Å². The Morgan fingerprint density at radius 2 is 1.86 bits per heavy atom. The minimum atomic E-state index is -1.08. The minimum absolute atomic E-state index is 0.00891. The van der Waals surface area contributed by atoms with Gasteiger partial charge in [0.2, 0.25) is 5.82 Å². The Hall–Kier alpha value is -3.09. The Morgan fingerprint density at radius 3 is 2.59 bits per heavy atom. The molecule has 110 valence electrons. The average Bonchev–Trinajstić information content (AvgIpc) is 3.00. The number of aromatic carboxylic acids is 1. The first kappa shape index (κ1) is 13.9. The second-order valence-electron chi connectivity index (χ2n) is 4.44. The molecule has 0 aliphatic carbocycles. The van der Waals surface area contributed by atoms with Crippen molar-refractivity contribution in [2.24, 2.45) is 0 Å². The number of halogens is 2. The lowest BCUT2D eigenvalue weighted by Gasteiger charge is -1.97. The van der Waals surface area contributed by atoms with Crippen LogP contribution in [0.3, 0.4) is 0 Å². The van der Waals surface area contributed by atoms with Gasteiger partial charge in [0.25, 0.3) is 5.89 Å². The van der Waals surface area contributed by atoms with E-state index in [2.05, 4.69) is 10.1 Å². The van der Waals surface area contributed by atoms with Crippen molar-refractivity contribution in [1.82, 2.24) is 10.1 Å². The van der Waals surface area contributed by atoms with Gasteiger partial charge in [-0.05, 0) is 30.3 Å². The molecule has 2 aromatic carbocycles. The Kier molecular flexibility index (Phi) is 3.38. The summed E-state index contributed by atoms with van der Waals surface area (Å²) in [5, 5.41) is 12.7. The predicted octanol–water partition coefficient (Wildman–Crippen LogP) is 3.38. The highest BCUT2D eigenvalue weighted by atomic mass is 19.2. The van der Waals surface area contributed by atoms with Crippen molar-refractivity contribution in [3.05, 3.63) is 59.7 Å². The number of hydrogen-bond acceptors (Lipinski definition) is 4. The number of hydrogen-bond donors (Lipinski definition) is 1. The van der Waals surface area contributed by atoms with E-state index >= 15 is 0 Å². The number of carbonyl (C=O) groups is 1. The molecular weight excluding hydrogens is 294 g/mol. The molecule has 0 bridgehead atoms. The fourth-order valence-corrected chi connectivity index (χ4v) is 1.88. The highest BCUT2D eigenvalue weighted by molar-refractivity contribution is 5.89. The highest BCUT2D eigenvalue weighted by Gasteiger charge is 2.14. The van der Waals surface area contributed by atoms with Gasteiger partial charge in [0.05, 0.1) is 5.56 Å². The van der Waals surface area contributed by atoms with Gasteiger partial charge in [0.15, 0.2) is 11.6 Å². The second-order valence-corrected chi connectivity index (χ2v) is 4.44. The van der Waals surface area contributed by atoms with Gasteiger partial charge in [0.1, 0.15) is 0 Å². The molecule has 0 amide bonds. The van der Waals surface area contributed by atoms with Crippen LogP contribution in [0.25, 0.3) is 22.8 Å². The van der Waals surface area contributed by atoms with Crippen LogP contribution in [0, 0.1) is 11.6 Å². The number of rotatable bonds is 3. The molecule has 0 aliphatic rings. The number of nitrogens with zero attached hydrogens (tertiary/aromatic N) is 2. The maximum atomic E-state index is 13.2. The molecule has 22 heavy (non-hydrogen) atoms. The van der Waals surface area contributed by atoms with Crippen LogP contribution in [0.5, 0.6) is 0 Å². The molecule has 0 fully saturated rings. The Balaban J connectivity index is 1.98. The van der Waals surface area contributed by atoms with Crippen molar-refractivity contribution in [3.63, 3.8) is 0 Å². The summed E-state index contributed by atoms with van der Waals surface area (Å²) in [5.41, 5.74) is 0.751. The summed E-state index contributed by atoms with van der Waals surface area (Å²) in [6.07, 6.45) is 0. The van der Waals surface area contributed by atoms with Gasteiger partial charge in [0, 0.05) is 11.1 Å². The predicted molar refractivity (Wildman–Crippen MR) is 72.0 cm³/mol. The molecule has 5 nitrogen and oxygen atoms in total. The molecule has 1 aromatic heterocycles. The zero-order chi connectivity index (χ0) is 15.7. The molecule has 3 aromatic rings. The lowest BCUT2D eigenvalue weighted by Crippen LogP contribution is -1.96. The largest absolute Gasteiger partial charge is 0.478 e. The third kappa shape index (κ3) is 2.56. The monoisotopic (exact) mass is 302 g/mol. The molecule has 0 unspecified atom stereocenters. The SMILES string of the molecule is O=C(O)c1cccc(-c2noc(-c3ccc(F)c(F)c3)n2)c1. The molecule has 0 saturated heterocycles. The summed E-state index contributed by atoms with van der Waals surface area (Å²) in [6, 6.07) is 9.20. The summed E-state index contributed by atoms with van der Waals surface area (Å²) in [6.45, 7) is 0. The van der Waals surface area contributed by atoms with Crippen molar-refractivity contribution in [1.29, 1.82) is 0 Å². The smallest absolute Gasteiger partial charge is 0.335 e. The first-order chi connectivity index (χ1) is 10.5. The highest BCUT2D eigenvalue weighted by Crippen LogP contribution is 2.24. The minimum Gasteiger partial charge on any atom is -0.478 e. The van der Waals surface area contributed by atoms with Gasteiger partial charge >= 0.3 is 5.97 Å². The third-order valence-electron chi connectivity index (χ3n) is 2.96. The van der Waals surface area contributed by atoms with Crippen LogP contribution in [0.15, 0.2) is 47.0 Å². The number of benzene rings is 2. The van der Waals surface area contributed by atoms with Gasteiger partial charge in [-0.15, -0.1) is 0 Å². The zero-order valence-corrected chi connectivity index (χ0v) is 11.0. The maximum Gasteiger partial charge on any atom is 0.335 e. The molecule has 0 saturated carbocycles. The van der Waals surface area contributed by atoms with Gasteiger partial charge in [-0.1, -0.05) is 17.3 Å².